The maximum atomic E-state index is 5.54. The Morgan fingerprint density at radius 2 is 1.76 bits per heavy atom. The lowest BCUT2D eigenvalue weighted by atomic mass is 9.95. The van der Waals surface area contributed by atoms with Gasteiger partial charge in [0.05, 0.1) is 14.2 Å². The van der Waals surface area contributed by atoms with Gasteiger partial charge >= 0.3 is 0 Å². The summed E-state index contributed by atoms with van der Waals surface area (Å²) in [4.78, 5) is 0. The van der Waals surface area contributed by atoms with Gasteiger partial charge < -0.3 is 14.8 Å². The van der Waals surface area contributed by atoms with E-state index in [1.54, 1.807) is 14.2 Å². The molecule has 1 atom stereocenters. The lowest BCUT2D eigenvalue weighted by molar-refractivity contribution is 0.395. The molecule has 2 aromatic rings. The van der Waals surface area contributed by atoms with E-state index in [2.05, 4.69) is 49.5 Å². The van der Waals surface area contributed by atoms with Crippen molar-refractivity contribution in [2.75, 3.05) is 20.8 Å². The predicted octanol–water partition coefficient (Wildman–Crippen LogP) is 4.04. The third kappa shape index (κ3) is 3.37. The molecule has 0 spiro atoms. The van der Waals surface area contributed by atoms with Gasteiger partial charge in [-0.05, 0) is 36.7 Å². The predicted molar refractivity (Wildman–Crippen MR) is 87.1 cm³/mol. The van der Waals surface area contributed by atoms with Gasteiger partial charge in [-0.15, -0.1) is 0 Å². The molecule has 1 unspecified atom stereocenters. The van der Waals surface area contributed by atoms with E-state index in [0.29, 0.717) is 0 Å². The number of methoxy groups -OCH3 is 2. The van der Waals surface area contributed by atoms with Crippen LogP contribution in [0.2, 0.25) is 0 Å². The van der Waals surface area contributed by atoms with Crippen molar-refractivity contribution in [3.05, 3.63) is 48.0 Å². The summed E-state index contributed by atoms with van der Waals surface area (Å²) in [5.74, 6) is 1.62. The van der Waals surface area contributed by atoms with E-state index < -0.39 is 0 Å². The van der Waals surface area contributed by atoms with Crippen LogP contribution >= 0.6 is 0 Å². The fourth-order valence-corrected chi connectivity index (χ4v) is 2.56. The van der Waals surface area contributed by atoms with Gasteiger partial charge in [0.1, 0.15) is 11.5 Å². The van der Waals surface area contributed by atoms with Gasteiger partial charge in [0.2, 0.25) is 0 Å². The summed E-state index contributed by atoms with van der Waals surface area (Å²) in [6, 6.07) is 14.6. The van der Waals surface area contributed by atoms with Gasteiger partial charge in [-0.1, -0.05) is 31.2 Å². The van der Waals surface area contributed by atoms with Crippen molar-refractivity contribution in [3.63, 3.8) is 0 Å². The van der Waals surface area contributed by atoms with Gasteiger partial charge in [0.15, 0.2) is 0 Å². The second-order valence-corrected chi connectivity index (χ2v) is 4.93. The largest absolute Gasteiger partial charge is 0.497 e. The van der Waals surface area contributed by atoms with Gasteiger partial charge in [-0.3, -0.25) is 0 Å². The Morgan fingerprint density at radius 1 is 1.00 bits per heavy atom. The molecular weight excluding hydrogens is 262 g/mol. The Hall–Kier alpha value is -2.00. The summed E-state index contributed by atoms with van der Waals surface area (Å²) in [6.45, 7) is 5.24. The zero-order valence-corrected chi connectivity index (χ0v) is 13.1. The summed E-state index contributed by atoms with van der Waals surface area (Å²) in [5.41, 5.74) is 3.53. The molecule has 0 aliphatic rings. The minimum absolute atomic E-state index is 0.290. The standard InChI is InChI=1S/C18H23NO2/c1-5-19-13(2)15-8-6-7-9-16(15)17-11-10-14(20-3)12-18(17)21-4/h6-13,19H,5H2,1-4H3. The highest BCUT2D eigenvalue weighted by Crippen LogP contribution is 2.36. The highest BCUT2D eigenvalue weighted by Gasteiger charge is 2.14. The Bertz CT molecular complexity index is 596. The Morgan fingerprint density at radius 3 is 2.43 bits per heavy atom. The van der Waals surface area contributed by atoms with Gasteiger partial charge in [0.25, 0.3) is 0 Å². The van der Waals surface area contributed by atoms with E-state index in [1.165, 1.54) is 11.1 Å². The molecule has 0 radical (unpaired) electrons. The number of hydrogen-bond acceptors (Lipinski definition) is 3. The zero-order valence-electron chi connectivity index (χ0n) is 13.1. The quantitative estimate of drug-likeness (QED) is 0.869. The second-order valence-electron chi connectivity index (χ2n) is 4.93. The van der Waals surface area contributed by atoms with E-state index >= 15 is 0 Å². The lowest BCUT2D eigenvalue weighted by Gasteiger charge is -2.19. The Labute approximate surface area is 126 Å². The molecule has 21 heavy (non-hydrogen) atoms. The second kappa shape index (κ2) is 7.14. The molecule has 0 aliphatic heterocycles. The van der Waals surface area contributed by atoms with Crippen LogP contribution in [0.1, 0.15) is 25.5 Å². The van der Waals surface area contributed by atoms with E-state index in [9.17, 15) is 0 Å². The van der Waals surface area contributed by atoms with Crippen LogP contribution in [-0.4, -0.2) is 20.8 Å². The summed E-state index contributed by atoms with van der Waals surface area (Å²) in [7, 11) is 3.35. The van der Waals surface area contributed by atoms with Crippen molar-refractivity contribution in [2.45, 2.75) is 19.9 Å². The molecule has 0 aliphatic carbocycles. The van der Waals surface area contributed by atoms with Crippen LogP contribution in [0.4, 0.5) is 0 Å². The number of benzene rings is 2. The van der Waals surface area contributed by atoms with Crippen LogP contribution < -0.4 is 14.8 Å². The third-order valence-corrected chi connectivity index (χ3v) is 3.64. The van der Waals surface area contributed by atoms with E-state index in [1.807, 2.05) is 12.1 Å². The molecule has 0 fully saturated rings. The minimum Gasteiger partial charge on any atom is -0.497 e. The minimum atomic E-state index is 0.290. The summed E-state index contributed by atoms with van der Waals surface area (Å²) in [6.07, 6.45) is 0. The van der Waals surface area contributed by atoms with Crippen molar-refractivity contribution in [1.82, 2.24) is 5.32 Å². The molecule has 3 nitrogen and oxygen atoms in total. The highest BCUT2D eigenvalue weighted by atomic mass is 16.5. The van der Waals surface area contributed by atoms with Crippen LogP contribution in [0.5, 0.6) is 11.5 Å². The Kier molecular flexibility index (Phi) is 5.23. The monoisotopic (exact) mass is 285 g/mol. The molecule has 2 aromatic carbocycles. The first-order valence-corrected chi connectivity index (χ1v) is 7.26. The Balaban J connectivity index is 2.51. The van der Waals surface area contributed by atoms with Crippen molar-refractivity contribution < 1.29 is 9.47 Å². The first-order chi connectivity index (χ1) is 10.2. The summed E-state index contributed by atoms with van der Waals surface area (Å²) < 4.78 is 10.8. The topological polar surface area (TPSA) is 30.5 Å². The lowest BCUT2D eigenvalue weighted by Crippen LogP contribution is -2.18. The summed E-state index contributed by atoms with van der Waals surface area (Å²) in [5, 5.41) is 3.47. The number of rotatable bonds is 6. The van der Waals surface area contributed by atoms with Gasteiger partial charge in [0, 0.05) is 17.7 Å². The molecule has 0 saturated heterocycles. The number of nitrogens with one attached hydrogen (secondary N) is 1. The molecule has 0 bridgehead atoms. The SMILES string of the molecule is CCNC(C)c1ccccc1-c1ccc(OC)cc1OC. The third-order valence-electron chi connectivity index (χ3n) is 3.64. The zero-order chi connectivity index (χ0) is 15.2. The normalized spacial score (nSPS) is 12.0. The average molecular weight is 285 g/mol. The van der Waals surface area contributed by atoms with Crippen molar-refractivity contribution >= 4 is 0 Å². The molecule has 0 heterocycles. The fraction of sp³-hybridized carbons (Fsp3) is 0.333. The van der Waals surface area contributed by atoms with Crippen LogP contribution in [0, 0.1) is 0 Å². The van der Waals surface area contributed by atoms with E-state index in [-0.39, 0.29) is 6.04 Å². The maximum absolute atomic E-state index is 5.54. The molecule has 1 N–H and O–H groups in total. The number of ether oxygens (including phenoxy) is 2. The first-order valence-electron chi connectivity index (χ1n) is 7.26. The maximum Gasteiger partial charge on any atom is 0.130 e. The van der Waals surface area contributed by atoms with Crippen LogP contribution in [0.3, 0.4) is 0 Å². The summed E-state index contributed by atoms with van der Waals surface area (Å²) >= 11 is 0. The molecule has 112 valence electrons. The van der Waals surface area contributed by atoms with Gasteiger partial charge in [-0.25, -0.2) is 0 Å². The molecule has 0 saturated carbocycles. The molecule has 0 amide bonds. The average Bonchev–Trinajstić information content (AvgIpc) is 2.54. The van der Waals surface area contributed by atoms with E-state index in [4.69, 9.17) is 9.47 Å². The van der Waals surface area contributed by atoms with Crippen LogP contribution in [0.15, 0.2) is 42.5 Å². The van der Waals surface area contributed by atoms with E-state index in [0.717, 1.165) is 23.6 Å². The molecule has 2 rings (SSSR count). The molecular formula is C18H23NO2. The highest BCUT2D eigenvalue weighted by molar-refractivity contribution is 5.74. The smallest absolute Gasteiger partial charge is 0.130 e. The fourth-order valence-electron chi connectivity index (χ4n) is 2.56. The molecule has 3 heteroatoms. The van der Waals surface area contributed by atoms with Crippen molar-refractivity contribution in [3.8, 4) is 22.6 Å². The first kappa shape index (κ1) is 15.4. The van der Waals surface area contributed by atoms with Crippen molar-refractivity contribution in [1.29, 1.82) is 0 Å². The molecule has 0 aromatic heterocycles. The number of hydrogen-bond donors (Lipinski definition) is 1. The van der Waals surface area contributed by atoms with Crippen LogP contribution in [0.25, 0.3) is 11.1 Å². The van der Waals surface area contributed by atoms with Crippen molar-refractivity contribution in [2.24, 2.45) is 0 Å². The van der Waals surface area contributed by atoms with Crippen LogP contribution in [-0.2, 0) is 0 Å². The van der Waals surface area contributed by atoms with Gasteiger partial charge in [-0.2, -0.15) is 0 Å².